The highest BCUT2D eigenvalue weighted by atomic mass is 19.4. The van der Waals surface area contributed by atoms with Crippen LogP contribution < -0.4 is 0 Å². The molecule has 1 aromatic rings. The van der Waals surface area contributed by atoms with Crippen LogP contribution in [0.1, 0.15) is 35.1 Å². The number of rotatable bonds is 6. The van der Waals surface area contributed by atoms with Crippen LogP contribution in [0, 0.1) is 13.8 Å². The molecule has 0 radical (unpaired) electrons. The molecule has 3 nitrogen and oxygen atoms in total. The molecular formula is C14H21F3N2O. The summed E-state index contributed by atoms with van der Waals surface area (Å²) < 4.78 is 39.3. The van der Waals surface area contributed by atoms with E-state index in [0.717, 1.165) is 16.3 Å². The quantitative estimate of drug-likeness (QED) is 0.752. The Kier molecular flexibility index (Phi) is 5.39. The van der Waals surface area contributed by atoms with Gasteiger partial charge in [-0.05, 0) is 32.9 Å². The molecule has 1 rings (SSSR count). The molecule has 0 N–H and O–H groups in total. The van der Waals surface area contributed by atoms with Crippen molar-refractivity contribution in [1.82, 2.24) is 9.47 Å². The van der Waals surface area contributed by atoms with Crippen LogP contribution in [0.15, 0.2) is 6.07 Å². The highest BCUT2D eigenvalue weighted by molar-refractivity contribution is 5.99. The summed E-state index contributed by atoms with van der Waals surface area (Å²) in [6.45, 7) is 4.48. The Balaban J connectivity index is 2.82. The first-order chi connectivity index (χ1) is 9.15. The van der Waals surface area contributed by atoms with E-state index in [1.165, 1.54) is 0 Å². The lowest BCUT2D eigenvalue weighted by atomic mass is 10.1. The second-order valence-electron chi connectivity index (χ2n) is 5.09. The Morgan fingerprint density at radius 3 is 2.35 bits per heavy atom. The highest BCUT2D eigenvalue weighted by Crippen LogP contribution is 2.18. The first-order valence-electron chi connectivity index (χ1n) is 6.61. The fourth-order valence-electron chi connectivity index (χ4n) is 2.21. The van der Waals surface area contributed by atoms with Crippen LogP contribution >= 0.6 is 0 Å². The zero-order valence-electron chi connectivity index (χ0n) is 12.3. The van der Waals surface area contributed by atoms with Crippen molar-refractivity contribution in [2.45, 2.75) is 33.4 Å². The normalized spacial score (nSPS) is 12.2. The van der Waals surface area contributed by atoms with E-state index < -0.39 is 12.7 Å². The summed E-state index contributed by atoms with van der Waals surface area (Å²) in [5.41, 5.74) is 2.22. The minimum absolute atomic E-state index is 0.197. The lowest BCUT2D eigenvalue weighted by Gasteiger charge is -2.22. The third-order valence-electron chi connectivity index (χ3n) is 3.39. The molecule has 0 unspecified atom stereocenters. The summed E-state index contributed by atoms with van der Waals surface area (Å²) in [5.74, 6) is -0.260. The maximum Gasteiger partial charge on any atom is 0.401 e. The van der Waals surface area contributed by atoms with Gasteiger partial charge in [-0.3, -0.25) is 9.69 Å². The molecule has 0 amide bonds. The molecule has 0 bridgehead atoms. The standard InChI is InChI=1S/C14H21F3N2O/c1-5-6-19(9-14(15,16)17)8-13(20)12-7-10(2)18(4)11(12)3/h7H,5-6,8-9H2,1-4H3. The van der Waals surface area contributed by atoms with Gasteiger partial charge in [0.05, 0.1) is 13.1 Å². The van der Waals surface area contributed by atoms with Gasteiger partial charge in [0.25, 0.3) is 0 Å². The predicted octanol–water partition coefficient (Wildman–Crippen LogP) is 3.10. The molecule has 0 aliphatic heterocycles. The van der Waals surface area contributed by atoms with Crippen LogP contribution in [0.25, 0.3) is 0 Å². The SMILES string of the molecule is CCCN(CC(=O)c1cc(C)n(C)c1C)CC(F)(F)F. The Morgan fingerprint density at radius 2 is 1.95 bits per heavy atom. The lowest BCUT2D eigenvalue weighted by Crippen LogP contribution is -2.38. The van der Waals surface area contributed by atoms with E-state index in [2.05, 4.69) is 0 Å². The molecule has 0 aromatic carbocycles. The van der Waals surface area contributed by atoms with E-state index in [0.29, 0.717) is 12.0 Å². The van der Waals surface area contributed by atoms with Crippen LogP contribution in [0.5, 0.6) is 0 Å². The number of Topliss-reactive ketones (excluding diaryl/α,β-unsaturated/α-hetero) is 1. The first kappa shape index (κ1) is 16.8. The van der Waals surface area contributed by atoms with Gasteiger partial charge in [0.15, 0.2) is 5.78 Å². The van der Waals surface area contributed by atoms with Crippen molar-refractivity contribution in [1.29, 1.82) is 0 Å². The maximum absolute atomic E-state index is 12.5. The molecule has 0 atom stereocenters. The van der Waals surface area contributed by atoms with Crippen molar-refractivity contribution in [2.24, 2.45) is 7.05 Å². The summed E-state index contributed by atoms with van der Waals surface area (Å²) in [5, 5.41) is 0. The molecule has 0 saturated heterocycles. The number of carbonyl (C=O) groups excluding carboxylic acids is 1. The van der Waals surface area contributed by atoms with E-state index in [4.69, 9.17) is 0 Å². The fraction of sp³-hybridized carbons (Fsp3) is 0.643. The molecule has 20 heavy (non-hydrogen) atoms. The van der Waals surface area contributed by atoms with Crippen LogP contribution in [0.3, 0.4) is 0 Å². The molecule has 1 aromatic heterocycles. The number of aromatic nitrogens is 1. The zero-order chi connectivity index (χ0) is 15.5. The van der Waals surface area contributed by atoms with E-state index in [9.17, 15) is 18.0 Å². The van der Waals surface area contributed by atoms with E-state index in [-0.39, 0.29) is 18.9 Å². The van der Waals surface area contributed by atoms with Gasteiger partial charge in [0.2, 0.25) is 0 Å². The van der Waals surface area contributed by atoms with Crippen molar-refractivity contribution in [2.75, 3.05) is 19.6 Å². The summed E-state index contributed by atoms with van der Waals surface area (Å²) >= 11 is 0. The number of halogens is 3. The van der Waals surface area contributed by atoms with Gasteiger partial charge in [-0.2, -0.15) is 13.2 Å². The van der Waals surface area contributed by atoms with E-state index in [1.54, 1.807) is 19.9 Å². The maximum atomic E-state index is 12.5. The van der Waals surface area contributed by atoms with Crippen molar-refractivity contribution in [3.63, 3.8) is 0 Å². The smallest absolute Gasteiger partial charge is 0.351 e. The molecular weight excluding hydrogens is 269 g/mol. The lowest BCUT2D eigenvalue weighted by molar-refractivity contribution is -0.144. The Labute approximate surface area is 117 Å². The number of aryl methyl sites for hydroxylation is 1. The highest BCUT2D eigenvalue weighted by Gasteiger charge is 2.31. The van der Waals surface area contributed by atoms with Gasteiger partial charge in [0.1, 0.15) is 0 Å². The van der Waals surface area contributed by atoms with Crippen LogP contribution in [-0.2, 0) is 7.05 Å². The Bertz CT molecular complexity index is 477. The van der Waals surface area contributed by atoms with Gasteiger partial charge in [-0.25, -0.2) is 0 Å². The van der Waals surface area contributed by atoms with Crippen molar-refractivity contribution < 1.29 is 18.0 Å². The van der Waals surface area contributed by atoms with Gasteiger partial charge in [0, 0.05) is 24.0 Å². The number of carbonyl (C=O) groups is 1. The van der Waals surface area contributed by atoms with Crippen LogP contribution in [0.4, 0.5) is 13.2 Å². The first-order valence-corrected chi connectivity index (χ1v) is 6.61. The van der Waals surface area contributed by atoms with E-state index in [1.807, 2.05) is 18.5 Å². The molecule has 0 fully saturated rings. The molecule has 0 spiro atoms. The fourth-order valence-corrected chi connectivity index (χ4v) is 2.21. The second kappa shape index (κ2) is 6.43. The number of nitrogens with zero attached hydrogens (tertiary/aromatic N) is 2. The summed E-state index contributed by atoms with van der Waals surface area (Å²) in [4.78, 5) is 13.3. The molecule has 0 saturated carbocycles. The van der Waals surface area contributed by atoms with Crippen molar-refractivity contribution in [3.8, 4) is 0 Å². The Hall–Kier alpha value is -1.30. The Morgan fingerprint density at radius 1 is 1.35 bits per heavy atom. The molecule has 6 heteroatoms. The number of hydrogen-bond acceptors (Lipinski definition) is 2. The summed E-state index contributed by atoms with van der Waals surface area (Å²) in [6.07, 6.45) is -3.70. The minimum Gasteiger partial charge on any atom is -0.351 e. The van der Waals surface area contributed by atoms with Gasteiger partial charge in [-0.15, -0.1) is 0 Å². The minimum atomic E-state index is -4.28. The number of hydrogen-bond donors (Lipinski definition) is 0. The largest absolute Gasteiger partial charge is 0.401 e. The summed E-state index contributed by atoms with van der Waals surface area (Å²) in [7, 11) is 1.83. The predicted molar refractivity (Wildman–Crippen MR) is 72.0 cm³/mol. The average molecular weight is 290 g/mol. The third-order valence-corrected chi connectivity index (χ3v) is 3.39. The molecule has 114 valence electrons. The summed E-state index contributed by atoms with van der Waals surface area (Å²) in [6, 6.07) is 1.73. The number of ketones is 1. The molecule has 0 aliphatic rings. The second-order valence-corrected chi connectivity index (χ2v) is 5.09. The zero-order valence-corrected chi connectivity index (χ0v) is 12.3. The monoisotopic (exact) mass is 290 g/mol. The molecule has 1 heterocycles. The van der Waals surface area contributed by atoms with Gasteiger partial charge < -0.3 is 4.57 Å². The van der Waals surface area contributed by atoms with Gasteiger partial charge in [-0.1, -0.05) is 6.92 Å². The van der Waals surface area contributed by atoms with Gasteiger partial charge >= 0.3 is 6.18 Å². The van der Waals surface area contributed by atoms with E-state index >= 15 is 0 Å². The van der Waals surface area contributed by atoms with Crippen molar-refractivity contribution in [3.05, 3.63) is 23.0 Å². The third kappa shape index (κ3) is 4.37. The molecule has 0 aliphatic carbocycles. The van der Waals surface area contributed by atoms with Crippen molar-refractivity contribution >= 4 is 5.78 Å². The number of alkyl halides is 3. The van der Waals surface area contributed by atoms with Crippen LogP contribution in [0.2, 0.25) is 0 Å². The van der Waals surface area contributed by atoms with Crippen LogP contribution in [-0.4, -0.2) is 41.1 Å². The topological polar surface area (TPSA) is 25.2 Å². The average Bonchev–Trinajstić information content (AvgIpc) is 2.55.